The molecular formula is C15H20N4O2S. The SMILES string of the molecule is COc1cccc(-n2c(CN)nnc2SC[C@@H](O)C2CC2)c1. The van der Waals surface area contributed by atoms with Gasteiger partial charge in [0.05, 0.1) is 25.4 Å². The molecule has 7 heteroatoms. The van der Waals surface area contributed by atoms with Crippen LogP contribution in [0.1, 0.15) is 18.7 Å². The van der Waals surface area contributed by atoms with E-state index in [1.165, 1.54) is 11.8 Å². The van der Waals surface area contributed by atoms with Crippen LogP contribution in [0.3, 0.4) is 0 Å². The highest BCUT2D eigenvalue weighted by Gasteiger charge is 2.30. The van der Waals surface area contributed by atoms with Gasteiger partial charge >= 0.3 is 0 Å². The van der Waals surface area contributed by atoms with E-state index in [-0.39, 0.29) is 6.10 Å². The van der Waals surface area contributed by atoms with Crippen LogP contribution in [0.2, 0.25) is 0 Å². The molecule has 3 N–H and O–H groups in total. The molecule has 0 spiro atoms. The van der Waals surface area contributed by atoms with Gasteiger partial charge in [-0.1, -0.05) is 17.8 Å². The van der Waals surface area contributed by atoms with Gasteiger partial charge in [0.25, 0.3) is 0 Å². The van der Waals surface area contributed by atoms with Crippen LogP contribution in [0.15, 0.2) is 29.4 Å². The van der Waals surface area contributed by atoms with Crippen LogP contribution in [-0.4, -0.2) is 38.8 Å². The van der Waals surface area contributed by atoms with Crippen molar-refractivity contribution in [3.05, 3.63) is 30.1 Å². The van der Waals surface area contributed by atoms with E-state index in [9.17, 15) is 5.11 Å². The molecule has 0 saturated heterocycles. The van der Waals surface area contributed by atoms with Crippen LogP contribution in [0.5, 0.6) is 5.75 Å². The normalized spacial score (nSPS) is 15.8. The van der Waals surface area contributed by atoms with Crippen LogP contribution in [0, 0.1) is 5.92 Å². The molecule has 2 aromatic rings. The van der Waals surface area contributed by atoms with Crippen molar-refractivity contribution in [2.24, 2.45) is 11.7 Å². The molecule has 1 aromatic heterocycles. The summed E-state index contributed by atoms with van der Waals surface area (Å²) in [6.07, 6.45) is 1.97. The summed E-state index contributed by atoms with van der Waals surface area (Å²) in [6, 6.07) is 7.69. The molecule has 1 aromatic carbocycles. The van der Waals surface area contributed by atoms with Gasteiger partial charge in [-0.05, 0) is 30.9 Å². The molecule has 1 aliphatic rings. The molecule has 1 fully saturated rings. The first-order valence-electron chi connectivity index (χ1n) is 7.32. The van der Waals surface area contributed by atoms with Gasteiger partial charge < -0.3 is 15.6 Å². The number of nitrogens with zero attached hydrogens (tertiary/aromatic N) is 3. The van der Waals surface area contributed by atoms with Crippen LogP contribution >= 0.6 is 11.8 Å². The molecule has 22 heavy (non-hydrogen) atoms. The molecule has 0 amide bonds. The van der Waals surface area contributed by atoms with Gasteiger partial charge in [0.15, 0.2) is 11.0 Å². The number of hydrogen-bond acceptors (Lipinski definition) is 6. The Labute approximate surface area is 133 Å². The van der Waals surface area contributed by atoms with Crippen molar-refractivity contribution >= 4 is 11.8 Å². The Morgan fingerprint density at radius 3 is 2.95 bits per heavy atom. The van der Waals surface area contributed by atoms with Gasteiger partial charge in [-0.2, -0.15) is 0 Å². The quantitative estimate of drug-likeness (QED) is 0.754. The van der Waals surface area contributed by atoms with E-state index in [2.05, 4.69) is 10.2 Å². The molecule has 118 valence electrons. The lowest BCUT2D eigenvalue weighted by molar-refractivity contribution is 0.176. The second-order valence-electron chi connectivity index (χ2n) is 5.36. The zero-order valence-corrected chi connectivity index (χ0v) is 13.3. The van der Waals surface area contributed by atoms with Gasteiger partial charge in [0, 0.05) is 11.8 Å². The van der Waals surface area contributed by atoms with Gasteiger partial charge in [-0.3, -0.25) is 4.57 Å². The molecule has 1 atom stereocenters. The fourth-order valence-electron chi connectivity index (χ4n) is 2.31. The Balaban J connectivity index is 1.85. The Hall–Kier alpha value is -1.57. The summed E-state index contributed by atoms with van der Waals surface area (Å²) in [6.45, 7) is 0.302. The topological polar surface area (TPSA) is 86.2 Å². The first kappa shape index (κ1) is 15.3. The molecule has 1 heterocycles. The largest absolute Gasteiger partial charge is 0.497 e. The Morgan fingerprint density at radius 1 is 1.45 bits per heavy atom. The smallest absolute Gasteiger partial charge is 0.195 e. The fraction of sp³-hybridized carbons (Fsp3) is 0.467. The standard InChI is InChI=1S/C15H20N4O2S/c1-21-12-4-2-3-11(7-12)19-14(8-16)17-18-15(19)22-9-13(20)10-5-6-10/h2-4,7,10,13,20H,5-6,8-9,16H2,1H3/t13-/m1/s1. The zero-order chi connectivity index (χ0) is 15.5. The minimum atomic E-state index is -0.276. The molecule has 6 nitrogen and oxygen atoms in total. The summed E-state index contributed by atoms with van der Waals surface area (Å²) in [5, 5.41) is 19.1. The first-order valence-corrected chi connectivity index (χ1v) is 8.31. The summed E-state index contributed by atoms with van der Waals surface area (Å²) in [4.78, 5) is 0. The highest BCUT2D eigenvalue weighted by molar-refractivity contribution is 7.99. The Morgan fingerprint density at radius 2 is 2.27 bits per heavy atom. The number of aromatic nitrogens is 3. The second-order valence-corrected chi connectivity index (χ2v) is 6.34. The number of thioether (sulfide) groups is 1. The monoisotopic (exact) mass is 320 g/mol. The molecule has 0 aliphatic heterocycles. The predicted octanol–water partition coefficient (Wildman–Crippen LogP) is 1.60. The van der Waals surface area contributed by atoms with Crippen LogP contribution < -0.4 is 10.5 Å². The van der Waals surface area contributed by atoms with Gasteiger partial charge in [-0.25, -0.2) is 0 Å². The summed E-state index contributed by atoms with van der Waals surface area (Å²) in [7, 11) is 1.64. The van der Waals surface area contributed by atoms with Crippen LogP contribution in [-0.2, 0) is 6.54 Å². The fourth-order valence-corrected chi connectivity index (χ4v) is 3.34. The van der Waals surface area contributed by atoms with Crippen molar-refractivity contribution in [2.75, 3.05) is 12.9 Å². The average molecular weight is 320 g/mol. The van der Waals surface area contributed by atoms with E-state index in [0.29, 0.717) is 24.0 Å². The van der Waals surface area contributed by atoms with Gasteiger partial charge in [-0.15, -0.1) is 10.2 Å². The number of hydrogen-bond donors (Lipinski definition) is 2. The van der Waals surface area contributed by atoms with E-state index in [1.807, 2.05) is 28.8 Å². The molecule has 1 saturated carbocycles. The number of aliphatic hydroxyl groups excluding tert-OH is 1. The lowest BCUT2D eigenvalue weighted by atomic mass is 10.3. The average Bonchev–Trinajstić information content (AvgIpc) is 3.32. The number of methoxy groups -OCH3 is 1. The van der Waals surface area contributed by atoms with E-state index >= 15 is 0 Å². The lowest BCUT2D eigenvalue weighted by Gasteiger charge is -2.12. The first-order chi connectivity index (χ1) is 10.7. The third-order valence-electron chi connectivity index (χ3n) is 3.74. The summed E-state index contributed by atoms with van der Waals surface area (Å²) < 4.78 is 7.20. The molecule has 0 bridgehead atoms. The highest BCUT2D eigenvalue weighted by atomic mass is 32.2. The minimum Gasteiger partial charge on any atom is -0.497 e. The van der Waals surface area contributed by atoms with Crippen molar-refractivity contribution in [3.8, 4) is 11.4 Å². The number of ether oxygens (including phenoxy) is 1. The third-order valence-corrected chi connectivity index (χ3v) is 4.77. The van der Waals surface area contributed by atoms with Crippen molar-refractivity contribution in [3.63, 3.8) is 0 Å². The number of rotatable bonds is 7. The molecule has 3 rings (SSSR count). The van der Waals surface area contributed by atoms with Crippen molar-refractivity contribution < 1.29 is 9.84 Å². The minimum absolute atomic E-state index is 0.276. The Bertz CT molecular complexity index is 642. The third kappa shape index (κ3) is 3.26. The number of nitrogens with two attached hydrogens (primary N) is 1. The summed E-state index contributed by atoms with van der Waals surface area (Å²) in [5.41, 5.74) is 6.68. The molecule has 0 unspecified atom stereocenters. The highest BCUT2D eigenvalue weighted by Crippen LogP contribution is 2.35. The summed E-state index contributed by atoms with van der Waals surface area (Å²) >= 11 is 1.51. The van der Waals surface area contributed by atoms with Crippen LogP contribution in [0.25, 0.3) is 5.69 Å². The van der Waals surface area contributed by atoms with Crippen molar-refractivity contribution in [1.82, 2.24) is 14.8 Å². The van der Waals surface area contributed by atoms with E-state index < -0.39 is 0 Å². The van der Waals surface area contributed by atoms with E-state index in [4.69, 9.17) is 10.5 Å². The maximum absolute atomic E-state index is 10.0. The van der Waals surface area contributed by atoms with E-state index in [1.54, 1.807) is 7.11 Å². The Kier molecular flexibility index (Phi) is 4.66. The maximum Gasteiger partial charge on any atom is 0.195 e. The lowest BCUT2D eigenvalue weighted by Crippen LogP contribution is -2.13. The molecule has 0 radical (unpaired) electrons. The maximum atomic E-state index is 10.0. The van der Waals surface area contributed by atoms with Gasteiger partial charge in [0.2, 0.25) is 0 Å². The number of aliphatic hydroxyl groups is 1. The molecule has 1 aliphatic carbocycles. The van der Waals surface area contributed by atoms with Crippen molar-refractivity contribution in [2.45, 2.75) is 30.6 Å². The van der Waals surface area contributed by atoms with E-state index in [0.717, 1.165) is 29.4 Å². The second kappa shape index (κ2) is 6.68. The predicted molar refractivity (Wildman–Crippen MR) is 85.3 cm³/mol. The van der Waals surface area contributed by atoms with Crippen molar-refractivity contribution in [1.29, 1.82) is 0 Å². The number of benzene rings is 1. The zero-order valence-electron chi connectivity index (χ0n) is 12.5. The van der Waals surface area contributed by atoms with Crippen LogP contribution in [0.4, 0.5) is 0 Å². The summed E-state index contributed by atoms with van der Waals surface area (Å²) in [5.74, 6) is 2.53. The van der Waals surface area contributed by atoms with Gasteiger partial charge in [0.1, 0.15) is 5.75 Å². The molecular weight excluding hydrogens is 300 g/mol.